The average Bonchev–Trinajstić information content (AvgIpc) is 2.98. The standard InChI is InChI=1S/C18H15N/c1-13-11-16(14-7-3-2-4-8-14)18-12-15-9-5-6-10-17(15)19(13)18/h2-11H,12H2,1H3. The lowest BCUT2D eigenvalue weighted by molar-refractivity contribution is 0.997. The molecule has 0 bridgehead atoms. The summed E-state index contributed by atoms with van der Waals surface area (Å²) < 4.78 is 2.40. The molecular formula is C18H15N. The maximum absolute atomic E-state index is 2.40. The van der Waals surface area contributed by atoms with E-state index in [4.69, 9.17) is 0 Å². The van der Waals surface area contributed by atoms with E-state index < -0.39 is 0 Å². The highest BCUT2D eigenvalue weighted by Gasteiger charge is 2.23. The minimum atomic E-state index is 1.04. The SMILES string of the molecule is Cc1cc(-c2ccccc2)c2n1-c1ccccc1C2. The molecular weight excluding hydrogens is 230 g/mol. The number of hydrogen-bond acceptors (Lipinski definition) is 0. The lowest BCUT2D eigenvalue weighted by Gasteiger charge is -2.04. The third kappa shape index (κ3) is 1.48. The van der Waals surface area contributed by atoms with E-state index in [2.05, 4.69) is 72.2 Å². The number of aryl methyl sites for hydroxylation is 1. The van der Waals surface area contributed by atoms with Crippen molar-refractivity contribution in [2.45, 2.75) is 13.3 Å². The summed E-state index contributed by atoms with van der Waals surface area (Å²) in [5.74, 6) is 0. The topological polar surface area (TPSA) is 4.93 Å². The van der Waals surface area contributed by atoms with Gasteiger partial charge < -0.3 is 4.57 Å². The van der Waals surface area contributed by atoms with Crippen molar-refractivity contribution in [3.63, 3.8) is 0 Å². The molecule has 0 saturated heterocycles. The Morgan fingerprint density at radius 3 is 2.47 bits per heavy atom. The van der Waals surface area contributed by atoms with Crippen LogP contribution in [0, 0.1) is 6.92 Å². The van der Waals surface area contributed by atoms with Gasteiger partial charge in [-0.15, -0.1) is 0 Å². The van der Waals surface area contributed by atoms with Gasteiger partial charge in [0.2, 0.25) is 0 Å². The molecule has 1 nitrogen and oxygen atoms in total. The third-order valence-corrected chi connectivity index (χ3v) is 3.96. The highest BCUT2D eigenvalue weighted by Crippen LogP contribution is 2.37. The fourth-order valence-corrected chi connectivity index (χ4v) is 3.13. The Hall–Kier alpha value is -2.28. The van der Waals surface area contributed by atoms with E-state index in [1.807, 2.05) is 0 Å². The lowest BCUT2D eigenvalue weighted by atomic mass is 10.0. The molecule has 0 unspecified atom stereocenters. The zero-order valence-electron chi connectivity index (χ0n) is 10.9. The first kappa shape index (κ1) is 10.6. The number of aromatic nitrogens is 1. The minimum absolute atomic E-state index is 1.04. The molecule has 0 saturated carbocycles. The summed E-state index contributed by atoms with van der Waals surface area (Å²) in [6.45, 7) is 2.19. The van der Waals surface area contributed by atoms with Crippen LogP contribution in [0.1, 0.15) is 17.0 Å². The van der Waals surface area contributed by atoms with E-state index in [9.17, 15) is 0 Å². The largest absolute Gasteiger partial charge is 0.317 e. The van der Waals surface area contributed by atoms with Gasteiger partial charge in [-0.05, 0) is 30.2 Å². The summed E-state index contributed by atoms with van der Waals surface area (Å²) in [5.41, 5.74) is 8.20. The number of hydrogen-bond donors (Lipinski definition) is 0. The fourth-order valence-electron chi connectivity index (χ4n) is 3.13. The molecule has 0 aliphatic carbocycles. The molecule has 0 N–H and O–H groups in total. The van der Waals surface area contributed by atoms with Crippen molar-refractivity contribution in [3.8, 4) is 16.8 Å². The Morgan fingerprint density at radius 1 is 0.895 bits per heavy atom. The molecule has 1 aromatic heterocycles. The van der Waals surface area contributed by atoms with E-state index >= 15 is 0 Å². The second-order valence-electron chi connectivity index (χ2n) is 5.15. The van der Waals surface area contributed by atoms with Crippen LogP contribution in [-0.4, -0.2) is 4.57 Å². The first-order valence-electron chi connectivity index (χ1n) is 6.69. The third-order valence-electron chi connectivity index (χ3n) is 3.96. The first-order chi connectivity index (χ1) is 9.34. The van der Waals surface area contributed by atoms with Crippen LogP contribution < -0.4 is 0 Å². The summed E-state index contributed by atoms with van der Waals surface area (Å²) in [4.78, 5) is 0. The van der Waals surface area contributed by atoms with Gasteiger partial charge in [0.15, 0.2) is 0 Å². The Labute approximate surface area is 113 Å². The normalized spacial score (nSPS) is 12.3. The fraction of sp³-hybridized carbons (Fsp3) is 0.111. The van der Waals surface area contributed by atoms with Crippen LogP contribution in [0.25, 0.3) is 16.8 Å². The van der Waals surface area contributed by atoms with E-state index in [-0.39, 0.29) is 0 Å². The van der Waals surface area contributed by atoms with Crippen LogP contribution in [0.3, 0.4) is 0 Å². The Bertz CT molecular complexity index is 751. The van der Waals surface area contributed by atoms with Gasteiger partial charge in [-0.2, -0.15) is 0 Å². The molecule has 3 aromatic rings. The molecule has 0 spiro atoms. The summed E-state index contributed by atoms with van der Waals surface area (Å²) in [6.07, 6.45) is 1.04. The maximum Gasteiger partial charge on any atom is 0.0491 e. The van der Waals surface area contributed by atoms with Gasteiger partial charge in [-0.1, -0.05) is 48.5 Å². The van der Waals surface area contributed by atoms with Gasteiger partial charge in [0.25, 0.3) is 0 Å². The number of nitrogens with zero attached hydrogens (tertiary/aromatic N) is 1. The van der Waals surface area contributed by atoms with Crippen LogP contribution in [0.5, 0.6) is 0 Å². The molecule has 92 valence electrons. The second kappa shape index (κ2) is 3.86. The van der Waals surface area contributed by atoms with Crippen LogP contribution in [-0.2, 0) is 6.42 Å². The molecule has 4 rings (SSSR count). The van der Waals surface area contributed by atoms with Crippen molar-refractivity contribution >= 4 is 0 Å². The minimum Gasteiger partial charge on any atom is -0.317 e. The molecule has 1 aliphatic heterocycles. The van der Waals surface area contributed by atoms with Crippen molar-refractivity contribution in [1.82, 2.24) is 4.57 Å². The van der Waals surface area contributed by atoms with Gasteiger partial charge >= 0.3 is 0 Å². The van der Waals surface area contributed by atoms with Gasteiger partial charge in [-0.3, -0.25) is 0 Å². The van der Waals surface area contributed by atoms with E-state index in [0.717, 1.165) is 6.42 Å². The summed E-state index contributed by atoms with van der Waals surface area (Å²) in [5, 5.41) is 0. The summed E-state index contributed by atoms with van der Waals surface area (Å²) >= 11 is 0. The molecule has 1 aliphatic rings. The zero-order valence-corrected chi connectivity index (χ0v) is 10.9. The van der Waals surface area contributed by atoms with E-state index in [1.54, 1.807) is 0 Å². The predicted octanol–water partition coefficient (Wildman–Crippen LogP) is 4.36. The van der Waals surface area contributed by atoms with E-state index in [0.29, 0.717) is 0 Å². The number of rotatable bonds is 1. The van der Waals surface area contributed by atoms with Crippen molar-refractivity contribution < 1.29 is 0 Å². The van der Waals surface area contributed by atoms with Gasteiger partial charge in [0.1, 0.15) is 0 Å². The molecule has 1 heteroatoms. The van der Waals surface area contributed by atoms with Crippen LogP contribution in [0.2, 0.25) is 0 Å². The smallest absolute Gasteiger partial charge is 0.0491 e. The highest BCUT2D eigenvalue weighted by molar-refractivity contribution is 5.72. The molecule has 0 atom stereocenters. The monoisotopic (exact) mass is 245 g/mol. The second-order valence-corrected chi connectivity index (χ2v) is 5.15. The van der Waals surface area contributed by atoms with Crippen molar-refractivity contribution in [1.29, 1.82) is 0 Å². The van der Waals surface area contributed by atoms with Crippen LogP contribution >= 0.6 is 0 Å². The Morgan fingerprint density at radius 2 is 1.63 bits per heavy atom. The van der Waals surface area contributed by atoms with Gasteiger partial charge in [0.05, 0.1) is 0 Å². The number of fused-ring (bicyclic) bond motifs is 3. The maximum atomic E-state index is 2.40. The molecule has 0 amide bonds. The van der Waals surface area contributed by atoms with Crippen molar-refractivity contribution in [3.05, 3.63) is 77.6 Å². The molecule has 0 fully saturated rings. The van der Waals surface area contributed by atoms with Crippen molar-refractivity contribution in [2.24, 2.45) is 0 Å². The zero-order chi connectivity index (χ0) is 12.8. The Kier molecular flexibility index (Phi) is 2.16. The van der Waals surface area contributed by atoms with Crippen LogP contribution in [0.15, 0.2) is 60.7 Å². The molecule has 0 radical (unpaired) electrons. The molecule has 2 aromatic carbocycles. The Balaban J connectivity index is 1.96. The molecule has 19 heavy (non-hydrogen) atoms. The molecule has 2 heterocycles. The number of para-hydroxylation sites is 1. The van der Waals surface area contributed by atoms with Crippen LogP contribution in [0.4, 0.5) is 0 Å². The quantitative estimate of drug-likeness (QED) is 0.469. The average molecular weight is 245 g/mol. The predicted molar refractivity (Wildman–Crippen MR) is 78.7 cm³/mol. The summed E-state index contributed by atoms with van der Waals surface area (Å²) in [7, 11) is 0. The van der Waals surface area contributed by atoms with Crippen molar-refractivity contribution in [2.75, 3.05) is 0 Å². The highest BCUT2D eigenvalue weighted by atomic mass is 15.0. The van der Waals surface area contributed by atoms with E-state index in [1.165, 1.54) is 33.8 Å². The van der Waals surface area contributed by atoms with Gasteiger partial charge in [-0.25, -0.2) is 0 Å². The number of benzene rings is 2. The summed E-state index contributed by atoms with van der Waals surface area (Å²) in [6, 6.07) is 21.7. The first-order valence-corrected chi connectivity index (χ1v) is 6.69. The lowest BCUT2D eigenvalue weighted by Crippen LogP contribution is -1.93. The van der Waals surface area contributed by atoms with Gasteiger partial charge in [0, 0.05) is 29.1 Å².